The van der Waals surface area contributed by atoms with E-state index in [1.807, 2.05) is 27.7 Å². The molecule has 0 bridgehead atoms. The molecule has 20 heavy (non-hydrogen) atoms. The predicted molar refractivity (Wildman–Crippen MR) is 78.2 cm³/mol. The standard InChI is InChI=1S/C15H24N2O3/c1-5-10(6-2)17-13(8-4)11(9-14(18)19)12(7-3)16-15(17)20/h10H,5-9H2,1-4H3,(H,18,19). The Bertz CT molecular complexity index is 531. The number of carbonyl (C=O) groups is 1. The van der Waals surface area contributed by atoms with Crippen molar-refractivity contribution < 1.29 is 9.90 Å². The maximum Gasteiger partial charge on any atom is 0.348 e. The molecule has 0 atom stereocenters. The highest BCUT2D eigenvalue weighted by Gasteiger charge is 2.20. The summed E-state index contributed by atoms with van der Waals surface area (Å²) in [6, 6.07) is 0.0865. The first-order chi connectivity index (χ1) is 9.49. The fourth-order valence-electron chi connectivity index (χ4n) is 2.73. The highest BCUT2D eigenvalue weighted by atomic mass is 16.4. The largest absolute Gasteiger partial charge is 0.481 e. The van der Waals surface area contributed by atoms with Gasteiger partial charge in [-0.25, -0.2) is 4.79 Å². The molecule has 0 amide bonds. The molecule has 5 nitrogen and oxygen atoms in total. The van der Waals surface area contributed by atoms with Gasteiger partial charge < -0.3 is 5.11 Å². The number of carboxylic acid groups (broad SMARTS) is 1. The fourth-order valence-corrected chi connectivity index (χ4v) is 2.73. The van der Waals surface area contributed by atoms with Crippen molar-refractivity contribution in [3.05, 3.63) is 27.4 Å². The third-order valence-electron chi connectivity index (χ3n) is 3.73. The van der Waals surface area contributed by atoms with E-state index in [0.29, 0.717) is 24.1 Å². The molecule has 0 spiro atoms. The SMILES string of the molecule is CCc1nc(=O)n(C(CC)CC)c(CC)c1CC(=O)O. The van der Waals surface area contributed by atoms with Gasteiger partial charge in [0.05, 0.1) is 12.1 Å². The number of nitrogens with zero attached hydrogens (tertiary/aromatic N) is 2. The van der Waals surface area contributed by atoms with Crippen molar-refractivity contribution in [2.45, 2.75) is 65.8 Å². The smallest absolute Gasteiger partial charge is 0.348 e. The van der Waals surface area contributed by atoms with Gasteiger partial charge in [0.15, 0.2) is 0 Å². The van der Waals surface area contributed by atoms with Gasteiger partial charge in [-0.2, -0.15) is 4.98 Å². The van der Waals surface area contributed by atoms with Gasteiger partial charge in [-0.3, -0.25) is 9.36 Å². The van der Waals surface area contributed by atoms with Crippen LogP contribution in [0.5, 0.6) is 0 Å². The van der Waals surface area contributed by atoms with E-state index < -0.39 is 5.97 Å². The van der Waals surface area contributed by atoms with Gasteiger partial charge in [0.2, 0.25) is 0 Å². The summed E-state index contributed by atoms with van der Waals surface area (Å²) in [6.45, 7) is 7.92. The van der Waals surface area contributed by atoms with Crippen molar-refractivity contribution in [2.24, 2.45) is 0 Å². The Hall–Kier alpha value is -1.65. The first-order valence-electron chi connectivity index (χ1n) is 7.34. The highest BCUT2D eigenvalue weighted by Crippen LogP contribution is 2.21. The highest BCUT2D eigenvalue weighted by molar-refractivity contribution is 5.71. The van der Waals surface area contributed by atoms with Crippen molar-refractivity contribution in [1.29, 1.82) is 0 Å². The van der Waals surface area contributed by atoms with Crippen LogP contribution in [0.1, 0.15) is 63.5 Å². The second-order valence-electron chi connectivity index (χ2n) is 4.88. The second-order valence-corrected chi connectivity index (χ2v) is 4.88. The van der Waals surface area contributed by atoms with E-state index >= 15 is 0 Å². The molecule has 0 unspecified atom stereocenters. The molecule has 112 valence electrons. The van der Waals surface area contributed by atoms with Crippen molar-refractivity contribution in [3.8, 4) is 0 Å². The molecular formula is C15H24N2O3. The molecule has 0 aliphatic rings. The quantitative estimate of drug-likeness (QED) is 0.832. The van der Waals surface area contributed by atoms with Crippen LogP contribution in [0.15, 0.2) is 4.79 Å². The third kappa shape index (κ3) is 3.26. The molecule has 1 aromatic heterocycles. The van der Waals surface area contributed by atoms with E-state index in [1.54, 1.807) is 4.57 Å². The van der Waals surface area contributed by atoms with E-state index in [1.165, 1.54) is 0 Å². The van der Waals surface area contributed by atoms with E-state index in [9.17, 15) is 9.59 Å². The number of hydrogen-bond donors (Lipinski definition) is 1. The van der Waals surface area contributed by atoms with Gasteiger partial charge in [0, 0.05) is 17.3 Å². The molecular weight excluding hydrogens is 256 g/mol. The van der Waals surface area contributed by atoms with Crippen LogP contribution in [0, 0.1) is 0 Å². The van der Waals surface area contributed by atoms with Gasteiger partial charge in [-0.05, 0) is 25.7 Å². The minimum absolute atomic E-state index is 0.0697. The molecule has 0 fully saturated rings. The number of carboxylic acids is 1. The maximum absolute atomic E-state index is 12.3. The summed E-state index contributed by atoms with van der Waals surface area (Å²) in [4.78, 5) is 27.5. The molecule has 0 radical (unpaired) electrons. The zero-order valence-electron chi connectivity index (χ0n) is 12.8. The minimum atomic E-state index is -0.883. The maximum atomic E-state index is 12.3. The summed E-state index contributed by atoms with van der Waals surface area (Å²) in [5.74, 6) is -0.883. The van der Waals surface area contributed by atoms with Gasteiger partial charge in [-0.1, -0.05) is 27.7 Å². The van der Waals surface area contributed by atoms with Gasteiger partial charge in [0.25, 0.3) is 0 Å². The van der Waals surface area contributed by atoms with Crippen LogP contribution >= 0.6 is 0 Å². The van der Waals surface area contributed by atoms with Crippen LogP contribution in [-0.2, 0) is 24.1 Å². The molecule has 0 saturated carbocycles. The Morgan fingerprint density at radius 2 is 1.80 bits per heavy atom. The molecule has 0 aliphatic heterocycles. The summed E-state index contributed by atoms with van der Waals surface area (Å²) in [7, 11) is 0. The average Bonchev–Trinajstić information content (AvgIpc) is 2.42. The Balaban J connectivity index is 3.59. The van der Waals surface area contributed by atoms with Crippen LogP contribution in [0.2, 0.25) is 0 Å². The predicted octanol–water partition coefficient (Wildman–Crippen LogP) is 2.36. The normalized spacial score (nSPS) is 11.1. The van der Waals surface area contributed by atoms with Crippen LogP contribution in [-0.4, -0.2) is 20.6 Å². The zero-order valence-corrected chi connectivity index (χ0v) is 12.8. The molecule has 0 aromatic carbocycles. The van der Waals surface area contributed by atoms with Crippen LogP contribution in [0.4, 0.5) is 0 Å². The van der Waals surface area contributed by atoms with Gasteiger partial charge in [-0.15, -0.1) is 0 Å². The van der Waals surface area contributed by atoms with E-state index in [0.717, 1.165) is 18.5 Å². The lowest BCUT2D eigenvalue weighted by Gasteiger charge is -2.23. The molecule has 1 rings (SSSR count). The van der Waals surface area contributed by atoms with E-state index in [-0.39, 0.29) is 18.2 Å². The fraction of sp³-hybridized carbons (Fsp3) is 0.667. The number of hydrogen-bond acceptors (Lipinski definition) is 3. The summed E-state index contributed by atoms with van der Waals surface area (Å²) >= 11 is 0. The lowest BCUT2D eigenvalue weighted by molar-refractivity contribution is -0.136. The Labute approximate surface area is 119 Å². The lowest BCUT2D eigenvalue weighted by atomic mass is 10.0. The lowest BCUT2D eigenvalue weighted by Crippen LogP contribution is -2.33. The third-order valence-corrected chi connectivity index (χ3v) is 3.73. The van der Waals surface area contributed by atoms with Crippen molar-refractivity contribution in [2.75, 3.05) is 0 Å². The number of rotatable bonds is 7. The van der Waals surface area contributed by atoms with Crippen LogP contribution in [0.25, 0.3) is 0 Å². The van der Waals surface area contributed by atoms with Crippen molar-refractivity contribution >= 4 is 5.97 Å². The number of aliphatic carboxylic acids is 1. The first-order valence-corrected chi connectivity index (χ1v) is 7.34. The van der Waals surface area contributed by atoms with Gasteiger partial charge in [0.1, 0.15) is 0 Å². The van der Waals surface area contributed by atoms with Crippen LogP contribution in [0.3, 0.4) is 0 Å². The van der Waals surface area contributed by atoms with Crippen molar-refractivity contribution in [3.63, 3.8) is 0 Å². The first kappa shape index (κ1) is 16.4. The summed E-state index contributed by atoms with van der Waals surface area (Å²) < 4.78 is 1.71. The van der Waals surface area contributed by atoms with Crippen LogP contribution < -0.4 is 5.69 Å². The Morgan fingerprint density at radius 1 is 1.20 bits per heavy atom. The van der Waals surface area contributed by atoms with Crippen molar-refractivity contribution in [1.82, 2.24) is 9.55 Å². The summed E-state index contributed by atoms with van der Waals surface area (Å²) in [6.07, 6.45) is 2.82. The number of aromatic nitrogens is 2. The zero-order chi connectivity index (χ0) is 15.3. The van der Waals surface area contributed by atoms with E-state index in [2.05, 4.69) is 4.98 Å². The van der Waals surface area contributed by atoms with E-state index in [4.69, 9.17) is 5.11 Å². The topological polar surface area (TPSA) is 72.2 Å². The second kappa shape index (κ2) is 7.22. The summed E-state index contributed by atoms with van der Waals surface area (Å²) in [5.41, 5.74) is 1.92. The number of aryl methyl sites for hydroxylation is 1. The van der Waals surface area contributed by atoms with Gasteiger partial charge >= 0.3 is 11.7 Å². The average molecular weight is 280 g/mol. The molecule has 0 saturated heterocycles. The molecule has 1 N–H and O–H groups in total. The Morgan fingerprint density at radius 3 is 2.20 bits per heavy atom. The Kier molecular flexibility index (Phi) is 5.92. The minimum Gasteiger partial charge on any atom is -0.481 e. The monoisotopic (exact) mass is 280 g/mol. The molecule has 1 aromatic rings. The molecule has 5 heteroatoms. The molecule has 0 aliphatic carbocycles. The molecule has 1 heterocycles. The summed E-state index contributed by atoms with van der Waals surface area (Å²) in [5, 5.41) is 9.10.